The topological polar surface area (TPSA) is 80.3 Å². The average Bonchev–Trinajstić information content (AvgIpc) is 2.63. The molecule has 2 aromatic rings. The fourth-order valence-electron chi connectivity index (χ4n) is 3.33. The van der Waals surface area contributed by atoms with E-state index in [-0.39, 0.29) is 45.1 Å². The van der Waals surface area contributed by atoms with Crippen molar-refractivity contribution in [2.24, 2.45) is 0 Å². The van der Waals surface area contributed by atoms with Crippen LogP contribution in [-0.2, 0) is 22.4 Å². The van der Waals surface area contributed by atoms with Gasteiger partial charge in [-0.15, -0.1) is 0 Å². The monoisotopic (exact) mass is 528 g/mol. The van der Waals surface area contributed by atoms with Gasteiger partial charge in [0.05, 0.1) is 11.9 Å². The van der Waals surface area contributed by atoms with Crippen molar-refractivity contribution in [2.75, 3.05) is 0 Å². The molecule has 0 N–H and O–H groups in total. The van der Waals surface area contributed by atoms with E-state index in [0.29, 0.717) is 18.0 Å². The summed E-state index contributed by atoms with van der Waals surface area (Å²) in [6, 6.07) is 17.6. The number of hydrogen-bond acceptors (Lipinski definition) is 4. The molecule has 0 amide bonds. The Kier molecular flexibility index (Phi) is 10.5. The molecule has 0 unspecified atom stereocenters. The molecule has 0 aliphatic rings. The van der Waals surface area contributed by atoms with E-state index in [0.717, 1.165) is 0 Å². The predicted molar refractivity (Wildman–Crippen MR) is 123 cm³/mol. The van der Waals surface area contributed by atoms with Crippen LogP contribution in [0.25, 0.3) is 0 Å². The number of carbonyl (C=O) groups is 2. The van der Waals surface area contributed by atoms with E-state index in [9.17, 15) is 19.8 Å². The summed E-state index contributed by atoms with van der Waals surface area (Å²) in [5, 5.41) is 22.8. The van der Waals surface area contributed by atoms with Gasteiger partial charge in [-0.05, 0) is 35.1 Å². The fourth-order valence-corrected chi connectivity index (χ4v) is 9.75. The number of rotatable bonds is 6. The fraction of sp³-hybridized carbons (Fsp3) is 0.385. The summed E-state index contributed by atoms with van der Waals surface area (Å²) in [7, 11) is 0. The SMILES string of the molecule is C[C](C)(C)[Sn+2][C](C)(C)C.O=C([O-])C(Cc1ccccc1)=C(Cc1ccccc1)C(=O)[O-]. The smallest absolute Gasteiger partial charge is 0.0681 e. The summed E-state index contributed by atoms with van der Waals surface area (Å²) in [5.74, 6) is -2.97. The van der Waals surface area contributed by atoms with Crippen LogP contribution in [0.4, 0.5) is 0 Å². The van der Waals surface area contributed by atoms with E-state index in [4.69, 9.17) is 0 Å². The van der Waals surface area contributed by atoms with Crippen LogP contribution in [0, 0.1) is 0 Å². The van der Waals surface area contributed by atoms with Crippen molar-refractivity contribution in [3.63, 3.8) is 0 Å². The van der Waals surface area contributed by atoms with Crippen LogP contribution in [0.2, 0.25) is 6.86 Å². The summed E-state index contributed by atoms with van der Waals surface area (Å²) >= 11 is -0.182. The molecule has 0 bridgehead atoms. The van der Waals surface area contributed by atoms with Gasteiger partial charge >= 0.3 is 69.5 Å². The van der Waals surface area contributed by atoms with E-state index in [1.807, 2.05) is 0 Å². The first-order valence-corrected chi connectivity index (χ1v) is 13.2. The Bertz CT molecular complexity index is 800. The molecule has 0 aromatic heterocycles. The first-order valence-electron chi connectivity index (χ1n) is 10.3. The first kappa shape index (κ1) is 27.0. The number of hydrogen-bond donors (Lipinski definition) is 0. The van der Waals surface area contributed by atoms with Crippen LogP contribution in [0.1, 0.15) is 52.7 Å². The summed E-state index contributed by atoms with van der Waals surface area (Å²) in [5.41, 5.74) is 0.895. The molecule has 0 atom stereocenters. The first-order chi connectivity index (χ1) is 14.3. The normalized spacial score (nSPS) is 12.1. The molecule has 2 aromatic carbocycles. The third-order valence-corrected chi connectivity index (χ3v) is 8.34. The molecule has 0 aliphatic heterocycles. The Hall–Kier alpha value is -2.08. The van der Waals surface area contributed by atoms with Crippen molar-refractivity contribution in [3.8, 4) is 0 Å². The minimum atomic E-state index is -1.49. The number of carbonyl (C=O) groups excluding carboxylic acids is 2. The van der Waals surface area contributed by atoms with Crippen LogP contribution >= 0.6 is 0 Å². The van der Waals surface area contributed by atoms with Crippen molar-refractivity contribution in [1.29, 1.82) is 0 Å². The maximum atomic E-state index is 11.4. The third kappa shape index (κ3) is 11.8. The number of benzene rings is 2. The largest absolute Gasteiger partial charge is 0.545 e. The zero-order valence-corrected chi connectivity index (χ0v) is 22.2. The summed E-state index contributed by atoms with van der Waals surface area (Å²) in [6.45, 7) is 14.2. The zero-order chi connectivity index (χ0) is 23.7. The second kappa shape index (κ2) is 12.1. The maximum Gasteiger partial charge on any atom is 0.0681 e. The average molecular weight is 527 g/mol. The van der Waals surface area contributed by atoms with E-state index in [1.54, 1.807) is 60.7 Å². The number of carboxylic acid groups (broad SMARTS) is 2. The summed E-state index contributed by atoms with van der Waals surface area (Å²) < 4.78 is 1.31. The number of aliphatic carboxylic acids is 2. The molecule has 2 rings (SSSR count). The molecular formula is C26H32O4Sn. The number of carboxylic acids is 2. The maximum absolute atomic E-state index is 11.4. The van der Waals surface area contributed by atoms with Gasteiger partial charge in [0.15, 0.2) is 0 Å². The molecule has 4 nitrogen and oxygen atoms in total. The quantitative estimate of drug-likeness (QED) is 0.427. The van der Waals surface area contributed by atoms with Crippen molar-refractivity contribution in [2.45, 2.75) is 61.2 Å². The van der Waals surface area contributed by atoms with Crippen LogP contribution in [0.3, 0.4) is 0 Å². The molecule has 0 radical (unpaired) electrons. The molecule has 0 saturated carbocycles. The van der Waals surface area contributed by atoms with Gasteiger partial charge in [-0.1, -0.05) is 60.7 Å². The van der Waals surface area contributed by atoms with E-state index in [2.05, 4.69) is 41.5 Å². The molecule has 0 fully saturated rings. The van der Waals surface area contributed by atoms with Crippen LogP contribution in [-0.4, -0.2) is 33.1 Å². The van der Waals surface area contributed by atoms with E-state index >= 15 is 0 Å². The van der Waals surface area contributed by atoms with Crippen LogP contribution in [0.15, 0.2) is 71.8 Å². The van der Waals surface area contributed by atoms with Gasteiger partial charge in [-0.25, -0.2) is 0 Å². The molecule has 31 heavy (non-hydrogen) atoms. The van der Waals surface area contributed by atoms with Crippen molar-refractivity contribution >= 4 is 33.1 Å². The van der Waals surface area contributed by atoms with Gasteiger partial charge in [0.25, 0.3) is 0 Å². The van der Waals surface area contributed by atoms with Crippen molar-refractivity contribution in [3.05, 3.63) is 82.9 Å². The van der Waals surface area contributed by atoms with E-state index < -0.39 is 11.9 Å². The molecule has 0 aliphatic carbocycles. The van der Waals surface area contributed by atoms with Gasteiger partial charge in [-0.2, -0.15) is 0 Å². The van der Waals surface area contributed by atoms with Crippen molar-refractivity contribution in [1.82, 2.24) is 0 Å². The Morgan fingerprint density at radius 3 is 1.13 bits per heavy atom. The molecular weight excluding hydrogens is 495 g/mol. The summed E-state index contributed by atoms with van der Waals surface area (Å²) in [4.78, 5) is 22.8. The summed E-state index contributed by atoms with van der Waals surface area (Å²) in [6.07, 6.45) is -0.0291. The zero-order valence-electron chi connectivity index (χ0n) is 19.3. The van der Waals surface area contributed by atoms with Gasteiger partial charge in [0.1, 0.15) is 0 Å². The van der Waals surface area contributed by atoms with Crippen molar-refractivity contribution < 1.29 is 19.8 Å². The Morgan fingerprint density at radius 2 is 0.935 bits per heavy atom. The molecule has 164 valence electrons. The second-order valence-corrected chi connectivity index (χ2v) is 18.8. The molecule has 0 saturated heterocycles. The molecule has 0 spiro atoms. The third-order valence-electron chi connectivity index (χ3n) is 4.05. The second-order valence-electron chi connectivity index (χ2n) is 9.48. The Labute approximate surface area is 196 Å². The predicted octanol–water partition coefficient (Wildman–Crippen LogP) is 3.40. The molecule has 5 heteroatoms. The standard InChI is InChI=1S/C18H16O4.2C4H9.Sn/c19-17(20)15(11-13-7-3-1-4-8-13)16(18(21)22)12-14-9-5-2-6-10-14;2*1-4(2)3;/h1-10H,11-12H2,(H,19,20)(H,21,22);2*1-3H3;/q;;;+2/p-2. The van der Waals surface area contributed by atoms with Gasteiger partial charge in [0.2, 0.25) is 0 Å². The molecule has 0 heterocycles. The van der Waals surface area contributed by atoms with Crippen LogP contribution in [0.5, 0.6) is 0 Å². The minimum absolute atomic E-state index is 0.0146. The Morgan fingerprint density at radius 1 is 0.645 bits per heavy atom. The minimum Gasteiger partial charge on any atom is -0.545 e. The van der Waals surface area contributed by atoms with E-state index in [1.165, 1.54) is 0 Å². The van der Waals surface area contributed by atoms with Gasteiger partial charge < -0.3 is 19.8 Å². The van der Waals surface area contributed by atoms with Gasteiger partial charge in [0, 0.05) is 0 Å². The van der Waals surface area contributed by atoms with Gasteiger partial charge in [-0.3, -0.25) is 0 Å². The Balaban J connectivity index is 0.000000452. The van der Waals surface area contributed by atoms with Crippen LogP contribution < -0.4 is 10.2 Å².